The van der Waals surface area contributed by atoms with Gasteiger partial charge in [-0.1, -0.05) is 12.1 Å². The summed E-state index contributed by atoms with van der Waals surface area (Å²) in [7, 11) is 0. The van der Waals surface area contributed by atoms with Crippen molar-refractivity contribution in [3.8, 4) is 5.75 Å². The van der Waals surface area contributed by atoms with E-state index in [0.29, 0.717) is 12.0 Å². The summed E-state index contributed by atoms with van der Waals surface area (Å²) in [6, 6.07) is 1.83. The molecule has 0 radical (unpaired) electrons. The van der Waals surface area contributed by atoms with Crippen LogP contribution in [-0.2, 0) is 25.6 Å². The van der Waals surface area contributed by atoms with Crippen LogP contribution in [0.4, 0.5) is 0 Å². The van der Waals surface area contributed by atoms with Gasteiger partial charge in [0.25, 0.3) is 0 Å². The third-order valence-electron chi connectivity index (χ3n) is 4.90. The Balaban J connectivity index is 2.59. The summed E-state index contributed by atoms with van der Waals surface area (Å²) in [5, 5.41) is 35.5. The second-order valence-electron chi connectivity index (χ2n) is 7.83. The molecule has 0 saturated heterocycles. The van der Waals surface area contributed by atoms with E-state index in [-0.39, 0.29) is 36.8 Å². The number of nitrogens with two attached hydrogens (primary N) is 2. The number of rotatable bonds is 14. The first-order valence-corrected chi connectivity index (χ1v) is 11.4. The molecule has 1 aromatic carbocycles. The van der Waals surface area contributed by atoms with Gasteiger partial charge in [-0.3, -0.25) is 19.8 Å². The van der Waals surface area contributed by atoms with Gasteiger partial charge in [0.05, 0.1) is 6.04 Å². The minimum atomic E-state index is -1.25. The number of carboxylic acids is 1. The highest BCUT2D eigenvalue weighted by atomic mass is 32.1. The third kappa shape index (κ3) is 11.0. The van der Waals surface area contributed by atoms with E-state index in [0.717, 1.165) is 0 Å². The molecule has 0 heterocycles. The highest BCUT2D eigenvalue weighted by Gasteiger charge is 2.27. The highest BCUT2D eigenvalue weighted by Crippen LogP contribution is 2.11. The molecule has 14 heteroatoms. The van der Waals surface area contributed by atoms with Crippen molar-refractivity contribution in [2.24, 2.45) is 11.5 Å². The van der Waals surface area contributed by atoms with Crippen LogP contribution in [-0.4, -0.2) is 76.3 Å². The maximum atomic E-state index is 12.6. The fourth-order valence-corrected chi connectivity index (χ4v) is 3.17. The Morgan fingerprint density at radius 3 is 2.17 bits per heavy atom. The Morgan fingerprint density at radius 1 is 1.03 bits per heavy atom. The number of aromatic hydroxyl groups is 1. The van der Waals surface area contributed by atoms with Crippen LogP contribution in [0, 0.1) is 5.41 Å². The standard InChI is InChI=1S/C21H33N7O6S/c1-11(17(30)27-15(20(33)34)3-2-8-25-21(23)24)26-19(32)16(10-35)28-18(31)14(22)9-12-4-6-13(29)7-5-12/h4-7,11,14-16,29,35H,2-3,8-10,22H2,1H3,(H,26,32)(H,27,30)(H,28,31)(H,33,34)(H4,23,24,25)/t11-,14-,15-,16-/m0/s1. The van der Waals surface area contributed by atoms with Crippen molar-refractivity contribution in [3.63, 3.8) is 0 Å². The molecule has 0 aromatic heterocycles. The minimum absolute atomic E-state index is 0.0707. The number of thiol groups is 1. The van der Waals surface area contributed by atoms with Gasteiger partial charge in [-0.2, -0.15) is 12.6 Å². The van der Waals surface area contributed by atoms with E-state index < -0.39 is 47.9 Å². The maximum absolute atomic E-state index is 12.6. The average Bonchev–Trinajstić information content (AvgIpc) is 2.79. The number of nitrogens with one attached hydrogen (secondary N) is 5. The fourth-order valence-electron chi connectivity index (χ4n) is 2.91. The summed E-state index contributed by atoms with van der Waals surface area (Å²) >= 11 is 4.07. The lowest BCUT2D eigenvalue weighted by atomic mass is 10.1. The van der Waals surface area contributed by atoms with E-state index in [1.54, 1.807) is 12.1 Å². The van der Waals surface area contributed by atoms with Crippen molar-refractivity contribution in [3.05, 3.63) is 29.8 Å². The second kappa shape index (κ2) is 14.7. The number of phenolic OH excluding ortho intramolecular Hbond substituents is 1. The lowest BCUT2D eigenvalue weighted by Gasteiger charge is -2.22. The SMILES string of the molecule is C[C@H](NC(=O)[C@H](CS)NC(=O)[C@@H](N)Cc1ccc(O)cc1)C(=O)N[C@@H](CCCNC(=N)N)C(=O)O. The quantitative estimate of drug-likeness (QED) is 0.0575. The number of phenols is 1. The zero-order valence-corrected chi connectivity index (χ0v) is 20.2. The normalized spacial score (nSPS) is 14.0. The van der Waals surface area contributed by atoms with Crippen molar-refractivity contribution < 1.29 is 29.4 Å². The minimum Gasteiger partial charge on any atom is -0.508 e. The van der Waals surface area contributed by atoms with Crippen LogP contribution in [0.2, 0.25) is 0 Å². The second-order valence-corrected chi connectivity index (χ2v) is 8.20. The van der Waals surface area contributed by atoms with E-state index >= 15 is 0 Å². The molecule has 11 N–H and O–H groups in total. The molecule has 0 aliphatic carbocycles. The molecule has 1 rings (SSSR count). The predicted octanol–water partition coefficient (Wildman–Crippen LogP) is -1.99. The van der Waals surface area contributed by atoms with Crippen molar-refractivity contribution >= 4 is 42.3 Å². The average molecular weight is 512 g/mol. The van der Waals surface area contributed by atoms with Gasteiger partial charge in [-0.05, 0) is 43.9 Å². The van der Waals surface area contributed by atoms with Gasteiger partial charge < -0.3 is 42.9 Å². The van der Waals surface area contributed by atoms with E-state index in [9.17, 15) is 29.4 Å². The Bertz CT molecular complexity index is 899. The molecule has 1 aromatic rings. The first kappa shape index (κ1) is 29.5. The van der Waals surface area contributed by atoms with Crippen molar-refractivity contribution in [2.45, 2.75) is 50.4 Å². The molecule has 0 aliphatic heterocycles. The Hall–Kier alpha value is -3.52. The van der Waals surface area contributed by atoms with Crippen molar-refractivity contribution in [1.29, 1.82) is 5.41 Å². The molecule has 194 valence electrons. The molecule has 3 amide bonds. The van der Waals surface area contributed by atoms with Gasteiger partial charge in [-0.15, -0.1) is 0 Å². The lowest BCUT2D eigenvalue weighted by molar-refractivity contribution is -0.142. The van der Waals surface area contributed by atoms with E-state index in [1.165, 1.54) is 19.1 Å². The molecular formula is C21H33N7O6S. The summed E-state index contributed by atoms with van der Waals surface area (Å²) in [5.41, 5.74) is 11.8. The van der Waals surface area contributed by atoms with Crippen LogP contribution in [0.3, 0.4) is 0 Å². The smallest absolute Gasteiger partial charge is 0.326 e. The summed E-state index contributed by atoms with van der Waals surface area (Å²) in [4.78, 5) is 48.8. The summed E-state index contributed by atoms with van der Waals surface area (Å²) in [6.07, 6.45) is 0.580. The number of hydrogen-bond donors (Lipinski definition) is 10. The number of guanidine groups is 1. The van der Waals surface area contributed by atoms with Gasteiger partial charge in [0.15, 0.2) is 5.96 Å². The van der Waals surface area contributed by atoms with Crippen LogP contribution in [0.1, 0.15) is 25.3 Å². The first-order valence-electron chi connectivity index (χ1n) is 10.8. The van der Waals surface area contributed by atoms with E-state index in [1.807, 2.05) is 0 Å². The number of carbonyl (C=O) groups is 4. The number of aliphatic carboxylic acids is 1. The Kier molecular flexibility index (Phi) is 12.4. The van der Waals surface area contributed by atoms with Crippen LogP contribution < -0.4 is 32.7 Å². The number of hydrogen-bond acceptors (Lipinski definition) is 8. The molecule has 0 saturated carbocycles. The van der Waals surface area contributed by atoms with Crippen LogP contribution in [0.15, 0.2) is 24.3 Å². The van der Waals surface area contributed by atoms with Crippen molar-refractivity contribution in [1.82, 2.24) is 21.3 Å². The molecule has 4 atom stereocenters. The molecular weight excluding hydrogens is 478 g/mol. The summed E-state index contributed by atoms with van der Waals surface area (Å²) in [5.74, 6) is -3.50. The molecule has 0 fully saturated rings. The zero-order chi connectivity index (χ0) is 26.5. The van der Waals surface area contributed by atoms with Crippen LogP contribution in [0.5, 0.6) is 5.75 Å². The van der Waals surface area contributed by atoms with E-state index in [2.05, 4.69) is 33.9 Å². The Morgan fingerprint density at radius 2 is 1.63 bits per heavy atom. The summed E-state index contributed by atoms with van der Waals surface area (Å²) in [6.45, 7) is 1.64. The Labute approximate surface area is 208 Å². The molecule has 0 spiro atoms. The van der Waals surface area contributed by atoms with Gasteiger partial charge in [0, 0.05) is 12.3 Å². The largest absolute Gasteiger partial charge is 0.508 e. The topological polar surface area (TPSA) is 233 Å². The molecule has 13 nitrogen and oxygen atoms in total. The number of benzene rings is 1. The number of amides is 3. The molecule has 0 bridgehead atoms. The van der Waals surface area contributed by atoms with Gasteiger partial charge >= 0.3 is 5.97 Å². The predicted molar refractivity (Wildman–Crippen MR) is 132 cm³/mol. The molecule has 0 aliphatic rings. The first-order chi connectivity index (χ1) is 16.4. The van der Waals surface area contributed by atoms with E-state index in [4.69, 9.17) is 16.9 Å². The number of carboxylic acid groups (broad SMARTS) is 1. The fraction of sp³-hybridized carbons (Fsp3) is 0.476. The maximum Gasteiger partial charge on any atom is 0.326 e. The monoisotopic (exact) mass is 511 g/mol. The lowest BCUT2D eigenvalue weighted by Crippen LogP contribution is -2.57. The third-order valence-corrected chi connectivity index (χ3v) is 5.26. The molecule has 0 unspecified atom stereocenters. The van der Waals surface area contributed by atoms with Crippen molar-refractivity contribution in [2.75, 3.05) is 12.3 Å². The zero-order valence-electron chi connectivity index (χ0n) is 19.3. The highest BCUT2D eigenvalue weighted by molar-refractivity contribution is 7.80. The van der Waals surface area contributed by atoms with Gasteiger partial charge in [-0.25, -0.2) is 4.79 Å². The molecule has 35 heavy (non-hydrogen) atoms. The van der Waals surface area contributed by atoms with Crippen LogP contribution >= 0.6 is 12.6 Å². The van der Waals surface area contributed by atoms with Crippen LogP contribution in [0.25, 0.3) is 0 Å². The summed E-state index contributed by atoms with van der Waals surface area (Å²) < 4.78 is 0. The van der Waals surface area contributed by atoms with Gasteiger partial charge in [0.2, 0.25) is 17.7 Å². The van der Waals surface area contributed by atoms with Gasteiger partial charge in [0.1, 0.15) is 23.9 Å². The number of carbonyl (C=O) groups excluding carboxylic acids is 3.